The van der Waals surface area contributed by atoms with Crippen LogP contribution in [0.25, 0.3) is 16.6 Å². The molecule has 1 N–H and O–H groups in total. The zero-order chi connectivity index (χ0) is 22.1. The molecule has 0 saturated heterocycles. The van der Waals surface area contributed by atoms with E-state index in [1.807, 2.05) is 30.3 Å². The molecule has 2 aromatic heterocycles. The van der Waals surface area contributed by atoms with Gasteiger partial charge < -0.3 is 5.32 Å². The van der Waals surface area contributed by atoms with E-state index in [1.165, 1.54) is 15.6 Å². The molecule has 0 bridgehead atoms. The van der Waals surface area contributed by atoms with Gasteiger partial charge in [0, 0.05) is 25.0 Å². The summed E-state index contributed by atoms with van der Waals surface area (Å²) in [5.41, 5.74) is 1.48. The molecule has 9 heteroatoms. The number of carbonyl (C=O) groups is 1. The number of hydrogen-bond acceptors (Lipinski definition) is 4. The third-order valence-electron chi connectivity index (χ3n) is 5.19. The summed E-state index contributed by atoms with van der Waals surface area (Å²) in [6.45, 7) is 1.90. The number of aryl methyl sites for hydroxylation is 1. The zero-order valence-corrected chi connectivity index (χ0v) is 17.8. The molecule has 4 rings (SSSR count). The van der Waals surface area contributed by atoms with Crippen molar-refractivity contribution in [2.75, 3.05) is 5.32 Å². The Labute approximate surface area is 182 Å². The minimum absolute atomic E-state index is 0.0137. The Bertz CT molecular complexity index is 1400. The molecule has 158 valence electrons. The van der Waals surface area contributed by atoms with Crippen LogP contribution in [0.1, 0.15) is 12.1 Å². The average molecular weight is 438 g/mol. The summed E-state index contributed by atoms with van der Waals surface area (Å²) < 4.78 is 4.56. The quantitative estimate of drug-likeness (QED) is 0.519. The average Bonchev–Trinajstić information content (AvgIpc) is 2.97. The Morgan fingerprint density at radius 1 is 1.10 bits per heavy atom. The third kappa shape index (κ3) is 3.89. The highest BCUT2D eigenvalue weighted by molar-refractivity contribution is 6.31. The van der Waals surface area contributed by atoms with Crippen molar-refractivity contribution in [3.8, 4) is 5.69 Å². The Morgan fingerprint density at radius 3 is 2.58 bits per heavy atom. The summed E-state index contributed by atoms with van der Waals surface area (Å²) in [5, 5.41) is 3.62. The van der Waals surface area contributed by atoms with Gasteiger partial charge in [0.05, 0.1) is 28.6 Å². The lowest BCUT2D eigenvalue weighted by Crippen LogP contribution is -2.25. The van der Waals surface area contributed by atoms with Crippen LogP contribution in [0.3, 0.4) is 0 Å². The molecule has 0 aliphatic rings. The molecule has 8 nitrogen and oxygen atoms in total. The smallest absolute Gasteiger partial charge is 0.295 e. The second-order valence-electron chi connectivity index (χ2n) is 7.14. The maximum Gasteiger partial charge on any atom is 0.295 e. The first-order valence-corrected chi connectivity index (χ1v) is 10.0. The van der Waals surface area contributed by atoms with Crippen LogP contribution < -0.4 is 16.4 Å². The Kier molecular flexibility index (Phi) is 5.48. The molecule has 0 saturated carbocycles. The number of carbonyl (C=O) groups excluding carboxylic acids is 1. The van der Waals surface area contributed by atoms with Crippen LogP contribution >= 0.6 is 11.6 Å². The molecule has 31 heavy (non-hydrogen) atoms. The number of rotatable bonds is 5. The Morgan fingerprint density at radius 2 is 1.84 bits per heavy atom. The van der Waals surface area contributed by atoms with Gasteiger partial charge in [-0.2, -0.15) is 0 Å². The topological polar surface area (TPSA) is 90.9 Å². The number of fused-ring (bicyclic) bond motifs is 1. The van der Waals surface area contributed by atoms with Crippen LogP contribution in [-0.4, -0.2) is 24.8 Å². The Balaban J connectivity index is 1.53. The number of aromatic nitrogens is 4. The maximum absolute atomic E-state index is 12.9. The van der Waals surface area contributed by atoms with Crippen molar-refractivity contribution in [1.29, 1.82) is 0 Å². The molecule has 0 aliphatic heterocycles. The third-order valence-corrected chi connectivity index (χ3v) is 5.42. The van der Waals surface area contributed by atoms with E-state index in [-0.39, 0.29) is 35.7 Å². The first-order chi connectivity index (χ1) is 14.9. The second-order valence-corrected chi connectivity index (χ2v) is 7.58. The fourth-order valence-electron chi connectivity index (χ4n) is 3.43. The van der Waals surface area contributed by atoms with Gasteiger partial charge in [0.2, 0.25) is 5.91 Å². The standard InChI is InChI=1S/C22H20ClN5O3/c1-14-20(22(31)28(26(14)2)16-6-4-3-5-7-16)25-19(29)10-11-27-13-24-18-12-15(23)8-9-17(18)21(27)30/h3-9,12-13H,10-11H2,1-2H3,(H,25,29). The summed E-state index contributed by atoms with van der Waals surface area (Å²) in [7, 11) is 1.76. The van der Waals surface area contributed by atoms with Gasteiger partial charge in [0.15, 0.2) is 0 Å². The summed E-state index contributed by atoms with van der Waals surface area (Å²) in [6.07, 6.45) is 1.41. The Hall–Kier alpha value is -3.65. The van der Waals surface area contributed by atoms with Gasteiger partial charge in [-0.3, -0.25) is 23.6 Å². The molecule has 1 amide bonds. The molecule has 0 radical (unpaired) electrons. The number of anilines is 1. The molecule has 4 aromatic rings. The van der Waals surface area contributed by atoms with E-state index < -0.39 is 0 Å². The zero-order valence-electron chi connectivity index (χ0n) is 17.0. The minimum atomic E-state index is -0.367. The molecule has 0 unspecified atom stereocenters. The number of hydrogen-bond donors (Lipinski definition) is 1. The molecule has 2 aromatic carbocycles. The lowest BCUT2D eigenvalue weighted by molar-refractivity contribution is -0.116. The lowest BCUT2D eigenvalue weighted by atomic mass is 10.2. The summed E-state index contributed by atoms with van der Waals surface area (Å²) in [4.78, 5) is 42.3. The molecular formula is C22H20ClN5O3. The van der Waals surface area contributed by atoms with Gasteiger partial charge >= 0.3 is 0 Å². The fourth-order valence-corrected chi connectivity index (χ4v) is 3.59. The molecule has 0 aliphatic carbocycles. The van der Waals surface area contributed by atoms with Crippen LogP contribution in [0, 0.1) is 6.92 Å². The summed E-state index contributed by atoms with van der Waals surface area (Å²) >= 11 is 5.94. The fraction of sp³-hybridized carbons (Fsp3) is 0.182. The molecule has 0 spiro atoms. The molecule has 2 heterocycles. The van der Waals surface area contributed by atoms with Gasteiger partial charge in [-0.05, 0) is 37.3 Å². The predicted octanol–water partition coefficient (Wildman–Crippen LogP) is 2.88. The van der Waals surface area contributed by atoms with E-state index in [4.69, 9.17) is 11.6 Å². The highest BCUT2D eigenvalue weighted by Gasteiger charge is 2.18. The first-order valence-electron chi connectivity index (χ1n) is 9.65. The number of nitrogens with zero attached hydrogens (tertiary/aromatic N) is 4. The van der Waals surface area contributed by atoms with Crippen molar-refractivity contribution in [3.63, 3.8) is 0 Å². The number of para-hydroxylation sites is 1. The van der Waals surface area contributed by atoms with Crippen molar-refractivity contribution >= 4 is 34.1 Å². The van der Waals surface area contributed by atoms with Crippen molar-refractivity contribution in [2.45, 2.75) is 19.9 Å². The van der Waals surface area contributed by atoms with Crippen molar-refractivity contribution in [2.24, 2.45) is 7.05 Å². The summed E-state index contributed by atoms with van der Waals surface area (Å²) in [5.74, 6) is -0.367. The van der Waals surface area contributed by atoms with Crippen LogP contribution in [0.4, 0.5) is 5.69 Å². The lowest BCUT2D eigenvalue weighted by Gasteiger charge is -2.08. The van der Waals surface area contributed by atoms with Crippen molar-refractivity contribution in [1.82, 2.24) is 18.9 Å². The maximum atomic E-state index is 12.9. The monoisotopic (exact) mass is 437 g/mol. The van der Waals surface area contributed by atoms with E-state index in [0.29, 0.717) is 27.3 Å². The predicted molar refractivity (Wildman–Crippen MR) is 120 cm³/mol. The van der Waals surface area contributed by atoms with Crippen LogP contribution in [0.2, 0.25) is 5.02 Å². The van der Waals surface area contributed by atoms with E-state index >= 15 is 0 Å². The number of nitrogens with one attached hydrogen (secondary N) is 1. The number of benzene rings is 2. The normalized spacial score (nSPS) is 11.1. The summed E-state index contributed by atoms with van der Waals surface area (Å²) in [6, 6.07) is 14.0. The van der Waals surface area contributed by atoms with Gasteiger partial charge in [0.25, 0.3) is 11.1 Å². The molecule has 0 atom stereocenters. The van der Waals surface area contributed by atoms with Gasteiger partial charge in [0.1, 0.15) is 5.69 Å². The second kappa shape index (κ2) is 8.23. The van der Waals surface area contributed by atoms with Gasteiger partial charge in [-0.25, -0.2) is 9.67 Å². The van der Waals surface area contributed by atoms with E-state index in [0.717, 1.165) is 0 Å². The van der Waals surface area contributed by atoms with E-state index in [2.05, 4.69) is 10.3 Å². The highest BCUT2D eigenvalue weighted by atomic mass is 35.5. The number of halogens is 1. The van der Waals surface area contributed by atoms with E-state index in [1.54, 1.807) is 36.9 Å². The molecular weight excluding hydrogens is 418 g/mol. The van der Waals surface area contributed by atoms with Crippen molar-refractivity contribution in [3.05, 3.63) is 86.3 Å². The highest BCUT2D eigenvalue weighted by Crippen LogP contribution is 2.15. The van der Waals surface area contributed by atoms with Crippen LogP contribution in [0.15, 0.2) is 64.4 Å². The van der Waals surface area contributed by atoms with Crippen LogP contribution in [0.5, 0.6) is 0 Å². The largest absolute Gasteiger partial charge is 0.320 e. The van der Waals surface area contributed by atoms with Gasteiger partial charge in [-0.1, -0.05) is 29.8 Å². The van der Waals surface area contributed by atoms with Gasteiger partial charge in [-0.15, -0.1) is 0 Å². The minimum Gasteiger partial charge on any atom is -0.320 e. The number of amides is 1. The van der Waals surface area contributed by atoms with Crippen LogP contribution in [-0.2, 0) is 18.4 Å². The van der Waals surface area contributed by atoms with E-state index in [9.17, 15) is 14.4 Å². The SMILES string of the molecule is Cc1c(NC(=O)CCn2cnc3cc(Cl)ccc3c2=O)c(=O)n(-c2ccccc2)n1C. The first kappa shape index (κ1) is 20.6. The molecule has 0 fully saturated rings. The van der Waals surface area contributed by atoms with Crippen molar-refractivity contribution < 1.29 is 4.79 Å².